The van der Waals surface area contributed by atoms with Gasteiger partial charge in [-0.3, -0.25) is 9.59 Å². The molecule has 0 radical (unpaired) electrons. The fraction of sp³-hybridized carbons (Fsp3) is 0.640. The summed E-state index contributed by atoms with van der Waals surface area (Å²) in [4.78, 5) is 25.8. The average Bonchev–Trinajstić information content (AvgIpc) is 3.25. The molecule has 1 amide bonds. The van der Waals surface area contributed by atoms with E-state index in [4.69, 9.17) is 20.2 Å². The Morgan fingerprint density at radius 3 is 2.60 bits per heavy atom. The molecule has 5 fully saturated rings. The van der Waals surface area contributed by atoms with Crippen molar-refractivity contribution in [3.8, 4) is 6.07 Å². The number of carboxylic acid groups (broad SMARTS) is 1. The van der Waals surface area contributed by atoms with Crippen LogP contribution in [0.1, 0.15) is 50.5 Å². The van der Waals surface area contributed by atoms with Crippen molar-refractivity contribution in [2.24, 2.45) is 17.0 Å². The van der Waals surface area contributed by atoms with Gasteiger partial charge in [-0.15, -0.1) is 0 Å². The molecule has 2 unspecified atom stereocenters. The minimum absolute atomic E-state index is 0.0670. The molecule has 186 valence electrons. The molecule has 10 heteroatoms. The van der Waals surface area contributed by atoms with Crippen molar-refractivity contribution in [2.45, 2.75) is 74.8 Å². The SMILES string of the molecule is N#C[C@@H]1C[C@H](N=[N+]=[N-])CN1C(=O)CNC12CC3CC(C1)CC(OCc1ccccc1)(C3)C2.O=CO. The molecule has 4 aliphatic carbocycles. The smallest absolute Gasteiger partial charge is 0.290 e. The molecule has 5 aliphatic rings. The first-order valence-corrected chi connectivity index (χ1v) is 12.2. The zero-order chi connectivity index (χ0) is 24.9. The molecule has 1 aliphatic heterocycles. The third-order valence-electron chi connectivity index (χ3n) is 7.97. The molecule has 4 bridgehead atoms. The summed E-state index contributed by atoms with van der Waals surface area (Å²) in [6, 6.07) is 11.7. The summed E-state index contributed by atoms with van der Waals surface area (Å²) in [5.74, 6) is 1.20. The summed E-state index contributed by atoms with van der Waals surface area (Å²) in [7, 11) is 0. The van der Waals surface area contributed by atoms with Gasteiger partial charge in [-0.05, 0) is 67.9 Å². The van der Waals surface area contributed by atoms with Crippen LogP contribution in [0.3, 0.4) is 0 Å². The molecule has 0 aromatic heterocycles. The number of carbonyl (C=O) groups is 2. The molecule has 2 N–H and O–H groups in total. The molecule has 1 aromatic rings. The number of likely N-dealkylation sites (tertiary alicyclic amines) is 1. The Morgan fingerprint density at radius 2 is 1.97 bits per heavy atom. The summed E-state index contributed by atoms with van der Waals surface area (Å²) in [5, 5.41) is 23.7. The van der Waals surface area contributed by atoms with Crippen molar-refractivity contribution in [1.82, 2.24) is 10.2 Å². The van der Waals surface area contributed by atoms with E-state index in [1.165, 1.54) is 12.0 Å². The normalized spacial score (nSPS) is 34.3. The maximum absolute atomic E-state index is 13.0. The number of nitrogens with zero attached hydrogens (tertiary/aromatic N) is 5. The summed E-state index contributed by atoms with van der Waals surface area (Å²) in [6.07, 6.45) is 7.04. The second-order valence-electron chi connectivity index (χ2n) is 10.4. The minimum atomic E-state index is -0.517. The highest BCUT2D eigenvalue weighted by Gasteiger charge is 2.58. The zero-order valence-electron chi connectivity index (χ0n) is 19.8. The summed E-state index contributed by atoms with van der Waals surface area (Å²) < 4.78 is 6.61. The Kier molecular flexibility index (Phi) is 7.60. The van der Waals surface area contributed by atoms with Crippen molar-refractivity contribution in [1.29, 1.82) is 5.26 Å². The number of nitriles is 1. The van der Waals surface area contributed by atoms with Gasteiger partial charge in [0.15, 0.2) is 0 Å². The van der Waals surface area contributed by atoms with E-state index in [1.807, 2.05) is 18.2 Å². The molecule has 6 rings (SSSR count). The van der Waals surface area contributed by atoms with Crippen LogP contribution in [0.15, 0.2) is 35.4 Å². The lowest BCUT2D eigenvalue weighted by molar-refractivity contribution is -0.182. The van der Waals surface area contributed by atoms with Crippen LogP contribution in [0.25, 0.3) is 10.4 Å². The van der Waals surface area contributed by atoms with E-state index < -0.39 is 6.04 Å². The lowest BCUT2D eigenvalue weighted by Crippen LogP contribution is -2.66. The highest BCUT2D eigenvalue weighted by atomic mass is 16.5. The summed E-state index contributed by atoms with van der Waals surface area (Å²) in [5.41, 5.74) is 9.73. The van der Waals surface area contributed by atoms with Gasteiger partial charge in [-0.2, -0.15) is 5.26 Å². The third kappa shape index (κ3) is 5.59. The molecule has 35 heavy (non-hydrogen) atoms. The van der Waals surface area contributed by atoms with E-state index in [0.717, 1.165) is 32.1 Å². The highest BCUT2D eigenvalue weighted by Crippen LogP contribution is 2.59. The molecule has 1 aromatic carbocycles. The first-order chi connectivity index (χ1) is 16.9. The fourth-order valence-corrected chi connectivity index (χ4v) is 7.10. The van der Waals surface area contributed by atoms with Crippen LogP contribution in [0.4, 0.5) is 0 Å². The summed E-state index contributed by atoms with van der Waals surface area (Å²) >= 11 is 0. The lowest BCUT2D eigenvalue weighted by Gasteiger charge is -2.62. The average molecular weight is 481 g/mol. The van der Waals surface area contributed by atoms with Crippen LogP contribution >= 0.6 is 0 Å². The van der Waals surface area contributed by atoms with Crippen molar-refractivity contribution in [3.63, 3.8) is 0 Å². The van der Waals surface area contributed by atoms with E-state index in [0.29, 0.717) is 31.4 Å². The topological polar surface area (TPSA) is 151 Å². The molecule has 0 spiro atoms. The molecule has 1 heterocycles. The second-order valence-corrected chi connectivity index (χ2v) is 10.4. The number of nitrogens with one attached hydrogen (secondary N) is 1. The Bertz CT molecular complexity index is 991. The van der Waals surface area contributed by atoms with Crippen LogP contribution < -0.4 is 5.32 Å². The Morgan fingerprint density at radius 1 is 1.29 bits per heavy atom. The highest BCUT2D eigenvalue weighted by molar-refractivity contribution is 5.79. The van der Waals surface area contributed by atoms with E-state index in [1.54, 1.807) is 4.90 Å². The summed E-state index contributed by atoms with van der Waals surface area (Å²) in [6.45, 7) is 0.925. The maximum atomic E-state index is 13.0. The van der Waals surface area contributed by atoms with Gasteiger partial charge in [0, 0.05) is 17.0 Å². The fourth-order valence-electron chi connectivity index (χ4n) is 7.10. The lowest BCUT2D eigenvalue weighted by atomic mass is 9.51. The van der Waals surface area contributed by atoms with E-state index in [9.17, 15) is 10.1 Å². The number of hydrogen-bond donors (Lipinski definition) is 2. The molecular formula is C25H32N6O4. The van der Waals surface area contributed by atoms with Crippen LogP contribution in [0, 0.1) is 23.2 Å². The second kappa shape index (κ2) is 10.6. The van der Waals surface area contributed by atoms with Crippen LogP contribution in [0.2, 0.25) is 0 Å². The quantitative estimate of drug-likeness (QED) is 0.264. The van der Waals surface area contributed by atoms with E-state index in [-0.39, 0.29) is 36.1 Å². The number of benzene rings is 1. The molecular weight excluding hydrogens is 448 g/mol. The predicted octanol–water partition coefficient (Wildman–Crippen LogP) is 3.39. The standard InChI is InChI=1S/C24H30N6O2.CH2O2/c25-12-21-7-20(28-29-26)14-30(21)22(31)13-27-23-8-18-6-19(9-23)11-24(10-18,16-23)32-15-17-4-2-1-3-5-17;2-1-3/h1-5,18-21,27H,6-11,13-16H2;1H,(H,2,3)/t18?,19?,20-,21-,23?,24?;/m0./s1. The van der Waals surface area contributed by atoms with Gasteiger partial charge in [0.05, 0.1) is 30.9 Å². The molecule has 10 nitrogen and oxygen atoms in total. The number of azide groups is 1. The van der Waals surface area contributed by atoms with Crippen molar-refractivity contribution in [3.05, 3.63) is 46.3 Å². The number of carbonyl (C=O) groups excluding carboxylic acids is 1. The Hall–Kier alpha value is -3.12. The van der Waals surface area contributed by atoms with E-state index >= 15 is 0 Å². The van der Waals surface area contributed by atoms with Crippen molar-refractivity contribution < 1.29 is 19.4 Å². The number of amides is 1. The van der Waals surface area contributed by atoms with Crippen LogP contribution in [-0.2, 0) is 20.9 Å². The van der Waals surface area contributed by atoms with E-state index in [2.05, 4.69) is 33.5 Å². The van der Waals surface area contributed by atoms with Gasteiger partial charge in [-0.1, -0.05) is 35.4 Å². The molecule has 4 atom stereocenters. The Balaban J connectivity index is 0.000000917. The Labute approximate surface area is 204 Å². The zero-order valence-corrected chi connectivity index (χ0v) is 19.8. The van der Waals surface area contributed by atoms with Gasteiger partial charge >= 0.3 is 0 Å². The van der Waals surface area contributed by atoms with Gasteiger partial charge in [0.25, 0.3) is 6.47 Å². The van der Waals surface area contributed by atoms with Gasteiger partial charge in [0.1, 0.15) is 6.04 Å². The van der Waals surface area contributed by atoms with Gasteiger partial charge in [0.2, 0.25) is 5.91 Å². The largest absolute Gasteiger partial charge is 0.483 e. The minimum Gasteiger partial charge on any atom is -0.483 e. The first-order valence-electron chi connectivity index (χ1n) is 12.2. The van der Waals surface area contributed by atoms with Gasteiger partial charge < -0.3 is 20.1 Å². The monoisotopic (exact) mass is 480 g/mol. The number of ether oxygens (including phenoxy) is 1. The van der Waals surface area contributed by atoms with Gasteiger partial charge in [-0.25, -0.2) is 0 Å². The number of rotatable bonds is 7. The third-order valence-corrected chi connectivity index (χ3v) is 7.97. The van der Waals surface area contributed by atoms with Crippen LogP contribution in [-0.4, -0.2) is 58.7 Å². The number of hydrogen-bond acceptors (Lipinski definition) is 6. The predicted molar refractivity (Wildman–Crippen MR) is 127 cm³/mol. The first kappa shape index (κ1) is 25.0. The molecule has 4 saturated carbocycles. The van der Waals surface area contributed by atoms with Crippen LogP contribution in [0.5, 0.6) is 0 Å². The molecule has 1 saturated heterocycles. The van der Waals surface area contributed by atoms with Crippen molar-refractivity contribution >= 4 is 12.4 Å². The van der Waals surface area contributed by atoms with Crippen molar-refractivity contribution in [2.75, 3.05) is 13.1 Å². The maximum Gasteiger partial charge on any atom is 0.290 e.